The van der Waals surface area contributed by atoms with Gasteiger partial charge < -0.3 is 5.11 Å². The second kappa shape index (κ2) is 4.00. The van der Waals surface area contributed by atoms with Crippen molar-refractivity contribution in [1.29, 1.82) is 0 Å². The Bertz CT molecular complexity index is 421. The van der Waals surface area contributed by atoms with Crippen LogP contribution in [0.5, 0.6) is 5.75 Å². The molecule has 0 aliphatic heterocycles. The summed E-state index contributed by atoms with van der Waals surface area (Å²) in [5.74, 6) is 0.271. The molecule has 0 fully saturated rings. The van der Waals surface area contributed by atoms with Gasteiger partial charge in [-0.15, -0.1) is 0 Å². The van der Waals surface area contributed by atoms with E-state index in [9.17, 15) is 13.5 Å². The van der Waals surface area contributed by atoms with Crippen molar-refractivity contribution in [3.05, 3.63) is 29.3 Å². The molecule has 3 nitrogen and oxygen atoms in total. The maximum Gasteiger partial charge on any atom is 0.154 e. The topological polar surface area (TPSA) is 54.4 Å². The van der Waals surface area contributed by atoms with E-state index in [1.54, 1.807) is 26.0 Å². The first kappa shape index (κ1) is 11.0. The van der Waals surface area contributed by atoms with Gasteiger partial charge in [0.15, 0.2) is 9.84 Å². The summed E-state index contributed by atoms with van der Waals surface area (Å²) < 4.78 is 22.6. The van der Waals surface area contributed by atoms with Gasteiger partial charge in [0.25, 0.3) is 0 Å². The third-order valence-electron chi connectivity index (χ3n) is 2.10. The SMILES string of the molecule is CCS(=O)(=O)Cc1ccc(C)c(O)c1. The molecule has 0 aromatic heterocycles. The summed E-state index contributed by atoms with van der Waals surface area (Å²) in [6, 6.07) is 4.95. The van der Waals surface area contributed by atoms with Crippen LogP contribution in [0.3, 0.4) is 0 Å². The van der Waals surface area contributed by atoms with Crippen LogP contribution >= 0.6 is 0 Å². The Morgan fingerprint density at radius 2 is 2.00 bits per heavy atom. The van der Waals surface area contributed by atoms with Crippen molar-refractivity contribution in [1.82, 2.24) is 0 Å². The summed E-state index contributed by atoms with van der Waals surface area (Å²) in [7, 11) is -3.01. The molecule has 0 saturated carbocycles. The normalized spacial score (nSPS) is 11.6. The number of phenols is 1. The lowest BCUT2D eigenvalue weighted by Gasteiger charge is -2.04. The zero-order chi connectivity index (χ0) is 10.8. The van der Waals surface area contributed by atoms with E-state index in [0.29, 0.717) is 5.56 Å². The fraction of sp³-hybridized carbons (Fsp3) is 0.400. The van der Waals surface area contributed by atoms with Gasteiger partial charge in [-0.3, -0.25) is 0 Å². The van der Waals surface area contributed by atoms with Crippen molar-refractivity contribution in [3.63, 3.8) is 0 Å². The molecule has 0 radical (unpaired) electrons. The number of hydrogen-bond acceptors (Lipinski definition) is 3. The molecule has 1 aromatic carbocycles. The summed E-state index contributed by atoms with van der Waals surface area (Å²) in [5.41, 5.74) is 1.39. The standard InChI is InChI=1S/C10H14O3S/c1-3-14(12,13)7-9-5-4-8(2)10(11)6-9/h4-6,11H,3,7H2,1-2H3. The highest BCUT2D eigenvalue weighted by molar-refractivity contribution is 7.90. The number of rotatable bonds is 3. The predicted molar refractivity (Wildman–Crippen MR) is 56.0 cm³/mol. The van der Waals surface area contributed by atoms with Crippen molar-refractivity contribution < 1.29 is 13.5 Å². The van der Waals surface area contributed by atoms with E-state index in [0.717, 1.165) is 5.56 Å². The minimum absolute atomic E-state index is 0.00264. The molecule has 0 amide bonds. The highest BCUT2D eigenvalue weighted by Crippen LogP contribution is 2.18. The van der Waals surface area contributed by atoms with Crippen LogP contribution in [0.25, 0.3) is 0 Å². The van der Waals surface area contributed by atoms with Crippen molar-refractivity contribution in [2.24, 2.45) is 0 Å². The van der Waals surface area contributed by atoms with Gasteiger partial charge in [-0.25, -0.2) is 8.42 Å². The molecular formula is C10H14O3S. The Balaban J connectivity index is 2.94. The van der Waals surface area contributed by atoms with Crippen molar-refractivity contribution in [2.45, 2.75) is 19.6 Å². The van der Waals surface area contributed by atoms with Gasteiger partial charge in [0.1, 0.15) is 5.75 Å². The Kier molecular flexibility index (Phi) is 3.16. The number of phenolic OH excluding ortho intramolecular Hbond substituents is 1. The van der Waals surface area contributed by atoms with E-state index in [2.05, 4.69) is 0 Å². The molecule has 4 heteroatoms. The monoisotopic (exact) mass is 214 g/mol. The number of sulfone groups is 1. The molecule has 0 aliphatic carbocycles. The van der Waals surface area contributed by atoms with Crippen LogP contribution in [0.4, 0.5) is 0 Å². The summed E-state index contributed by atoms with van der Waals surface area (Å²) >= 11 is 0. The Morgan fingerprint density at radius 1 is 1.36 bits per heavy atom. The smallest absolute Gasteiger partial charge is 0.154 e. The quantitative estimate of drug-likeness (QED) is 0.832. The van der Waals surface area contributed by atoms with Crippen LogP contribution < -0.4 is 0 Å². The molecule has 0 aliphatic rings. The maximum absolute atomic E-state index is 11.3. The van der Waals surface area contributed by atoms with Gasteiger partial charge in [0.05, 0.1) is 5.75 Å². The third-order valence-corrected chi connectivity index (χ3v) is 3.75. The van der Waals surface area contributed by atoms with E-state index in [1.807, 2.05) is 0 Å². The molecule has 78 valence electrons. The largest absolute Gasteiger partial charge is 0.508 e. The molecule has 1 aromatic rings. The van der Waals surface area contributed by atoms with Crippen LogP contribution in [0.15, 0.2) is 18.2 Å². The van der Waals surface area contributed by atoms with E-state index in [4.69, 9.17) is 0 Å². The molecular weight excluding hydrogens is 200 g/mol. The van der Waals surface area contributed by atoms with Crippen LogP contribution in [0, 0.1) is 6.92 Å². The lowest BCUT2D eigenvalue weighted by molar-refractivity contribution is 0.470. The van der Waals surface area contributed by atoms with Crippen LogP contribution in [-0.2, 0) is 15.6 Å². The van der Waals surface area contributed by atoms with Gasteiger partial charge in [0.2, 0.25) is 0 Å². The van der Waals surface area contributed by atoms with E-state index < -0.39 is 9.84 Å². The highest BCUT2D eigenvalue weighted by atomic mass is 32.2. The first-order valence-electron chi connectivity index (χ1n) is 4.43. The predicted octanol–water partition coefficient (Wildman–Crippen LogP) is 1.64. The summed E-state index contributed by atoms with van der Waals surface area (Å²) in [6.07, 6.45) is 0. The van der Waals surface area contributed by atoms with Crippen molar-refractivity contribution in [2.75, 3.05) is 5.75 Å². The van der Waals surface area contributed by atoms with E-state index >= 15 is 0 Å². The van der Waals surface area contributed by atoms with Gasteiger partial charge in [-0.2, -0.15) is 0 Å². The maximum atomic E-state index is 11.3. The number of benzene rings is 1. The van der Waals surface area contributed by atoms with Crippen LogP contribution in [0.2, 0.25) is 0 Å². The van der Waals surface area contributed by atoms with Gasteiger partial charge >= 0.3 is 0 Å². The molecule has 0 atom stereocenters. The fourth-order valence-corrected chi connectivity index (χ4v) is 1.99. The summed E-state index contributed by atoms with van der Waals surface area (Å²) in [4.78, 5) is 0. The van der Waals surface area contributed by atoms with Crippen LogP contribution in [-0.4, -0.2) is 19.3 Å². The average Bonchev–Trinajstić information content (AvgIpc) is 2.11. The molecule has 1 rings (SSSR count). The van der Waals surface area contributed by atoms with Gasteiger partial charge in [-0.1, -0.05) is 19.1 Å². The average molecular weight is 214 g/mol. The first-order chi connectivity index (χ1) is 6.44. The van der Waals surface area contributed by atoms with Gasteiger partial charge in [-0.05, 0) is 24.1 Å². The van der Waals surface area contributed by atoms with Crippen molar-refractivity contribution >= 4 is 9.84 Å². The zero-order valence-corrected chi connectivity index (χ0v) is 9.13. The minimum atomic E-state index is -3.01. The lowest BCUT2D eigenvalue weighted by atomic mass is 10.1. The molecule has 0 unspecified atom stereocenters. The molecule has 14 heavy (non-hydrogen) atoms. The molecule has 0 heterocycles. The lowest BCUT2D eigenvalue weighted by Crippen LogP contribution is -2.06. The molecule has 0 saturated heterocycles. The Morgan fingerprint density at radius 3 is 2.50 bits per heavy atom. The minimum Gasteiger partial charge on any atom is -0.508 e. The Hall–Kier alpha value is -1.03. The molecule has 0 bridgehead atoms. The summed E-state index contributed by atoms with van der Waals surface area (Å²) in [5, 5.41) is 9.37. The Labute approximate surface area is 84.3 Å². The van der Waals surface area contributed by atoms with E-state index in [1.165, 1.54) is 6.07 Å². The second-order valence-corrected chi connectivity index (χ2v) is 5.65. The van der Waals surface area contributed by atoms with Crippen molar-refractivity contribution in [3.8, 4) is 5.75 Å². The second-order valence-electron chi connectivity index (χ2n) is 3.30. The third kappa shape index (κ3) is 2.73. The van der Waals surface area contributed by atoms with Gasteiger partial charge in [0, 0.05) is 5.75 Å². The fourth-order valence-electron chi connectivity index (χ4n) is 1.10. The molecule has 1 N–H and O–H groups in total. The van der Waals surface area contributed by atoms with Crippen LogP contribution in [0.1, 0.15) is 18.1 Å². The zero-order valence-electron chi connectivity index (χ0n) is 8.32. The first-order valence-corrected chi connectivity index (χ1v) is 6.25. The molecule has 0 spiro atoms. The number of aromatic hydroxyl groups is 1. The number of aryl methyl sites for hydroxylation is 1. The number of hydrogen-bond donors (Lipinski definition) is 1. The highest BCUT2D eigenvalue weighted by Gasteiger charge is 2.09. The van der Waals surface area contributed by atoms with E-state index in [-0.39, 0.29) is 17.3 Å². The summed E-state index contributed by atoms with van der Waals surface area (Å²) in [6.45, 7) is 3.39.